The van der Waals surface area contributed by atoms with Crippen molar-refractivity contribution in [1.29, 1.82) is 0 Å². The van der Waals surface area contributed by atoms with Crippen molar-refractivity contribution in [2.24, 2.45) is 0 Å². The highest BCUT2D eigenvalue weighted by molar-refractivity contribution is 5.15. The van der Waals surface area contributed by atoms with Crippen molar-refractivity contribution in [3.8, 4) is 0 Å². The first kappa shape index (κ1) is 10.6. The first-order chi connectivity index (χ1) is 7.24. The summed E-state index contributed by atoms with van der Waals surface area (Å²) in [6.07, 6.45) is 6.13. The second kappa shape index (κ2) is 4.33. The van der Waals surface area contributed by atoms with Gasteiger partial charge in [0.25, 0.3) is 0 Å². The fraction of sp³-hybridized carbons (Fsp3) is 0.727. The minimum absolute atomic E-state index is 0.634. The molecular formula is C11H18N2O2. The molecule has 1 saturated heterocycles. The van der Waals surface area contributed by atoms with Crippen LogP contribution >= 0.6 is 0 Å². The van der Waals surface area contributed by atoms with Gasteiger partial charge in [-0.05, 0) is 6.42 Å². The van der Waals surface area contributed by atoms with Crippen LogP contribution in [0.4, 0.5) is 0 Å². The lowest BCUT2D eigenvalue weighted by atomic mass is 9.89. The number of ether oxygens (including phenoxy) is 1. The first-order valence-corrected chi connectivity index (χ1v) is 5.58. The van der Waals surface area contributed by atoms with E-state index in [9.17, 15) is 5.11 Å². The lowest BCUT2D eigenvalue weighted by Crippen LogP contribution is -2.33. The van der Waals surface area contributed by atoms with Gasteiger partial charge in [-0.15, -0.1) is 0 Å². The summed E-state index contributed by atoms with van der Waals surface area (Å²) in [6, 6.07) is 0. The van der Waals surface area contributed by atoms with Crippen LogP contribution in [-0.2, 0) is 16.9 Å². The monoisotopic (exact) mass is 210 g/mol. The Morgan fingerprint density at radius 3 is 2.93 bits per heavy atom. The number of hydrogen-bond acceptors (Lipinski definition) is 3. The van der Waals surface area contributed by atoms with E-state index >= 15 is 0 Å². The summed E-state index contributed by atoms with van der Waals surface area (Å²) in [5.41, 5.74) is 0.212. The molecule has 4 nitrogen and oxygen atoms in total. The lowest BCUT2D eigenvalue weighted by Gasteiger charge is -2.30. The number of rotatable bonds is 3. The predicted octanol–water partition coefficient (Wildman–Crippen LogP) is 1.29. The van der Waals surface area contributed by atoms with Gasteiger partial charge in [0.1, 0.15) is 0 Å². The highest BCUT2D eigenvalue weighted by atomic mass is 16.5. The third kappa shape index (κ3) is 2.21. The summed E-state index contributed by atoms with van der Waals surface area (Å²) in [4.78, 5) is 0. The van der Waals surface area contributed by atoms with Gasteiger partial charge in [-0.2, -0.15) is 5.10 Å². The van der Waals surface area contributed by atoms with Crippen LogP contribution < -0.4 is 0 Å². The Morgan fingerprint density at radius 2 is 2.27 bits per heavy atom. The third-order valence-electron chi connectivity index (χ3n) is 2.94. The lowest BCUT2D eigenvalue weighted by molar-refractivity contribution is -0.0679. The van der Waals surface area contributed by atoms with Crippen LogP contribution in [0, 0.1) is 0 Å². The van der Waals surface area contributed by atoms with Crippen LogP contribution in [0.2, 0.25) is 0 Å². The van der Waals surface area contributed by atoms with Gasteiger partial charge in [0.15, 0.2) is 0 Å². The molecule has 1 aliphatic rings. The number of aryl methyl sites for hydroxylation is 1. The summed E-state index contributed by atoms with van der Waals surface area (Å²) in [5, 5.41) is 14.6. The summed E-state index contributed by atoms with van der Waals surface area (Å²) >= 11 is 0. The smallest absolute Gasteiger partial charge is 0.0970 e. The fourth-order valence-electron chi connectivity index (χ4n) is 1.95. The molecule has 1 aromatic rings. The molecule has 0 spiro atoms. The van der Waals surface area contributed by atoms with Crippen molar-refractivity contribution in [2.45, 2.75) is 38.3 Å². The summed E-state index contributed by atoms with van der Waals surface area (Å²) in [5.74, 6) is 0. The minimum Gasteiger partial charge on any atom is -0.385 e. The Labute approximate surface area is 89.9 Å². The zero-order valence-electron chi connectivity index (χ0n) is 9.15. The molecule has 0 saturated carbocycles. The molecule has 1 fully saturated rings. The van der Waals surface area contributed by atoms with Crippen LogP contribution in [-0.4, -0.2) is 28.1 Å². The normalized spacial score (nSPS) is 20.4. The summed E-state index contributed by atoms with van der Waals surface area (Å²) in [6.45, 7) is 4.29. The van der Waals surface area contributed by atoms with Gasteiger partial charge in [-0.25, -0.2) is 0 Å². The Hall–Kier alpha value is -0.870. The molecule has 4 heteroatoms. The van der Waals surface area contributed by atoms with E-state index in [-0.39, 0.29) is 0 Å². The zero-order valence-corrected chi connectivity index (χ0v) is 9.15. The number of aliphatic hydroxyl groups is 1. The van der Waals surface area contributed by atoms with E-state index in [1.165, 1.54) is 0 Å². The second-order valence-electron chi connectivity index (χ2n) is 4.14. The topological polar surface area (TPSA) is 47.3 Å². The van der Waals surface area contributed by atoms with Gasteiger partial charge < -0.3 is 9.84 Å². The van der Waals surface area contributed by atoms with E-state index < -0.39 is 5.60 Å². The van der Waals surface area contributed by atoms with Crippen molar-refractivity contribution < 1.29 is 9.84 Å². The molecule has 0 amide bonds. The number of hydrogen-bond donors (Lipinski definition) is 1. The van der Waals surface area contributed by atoms with Crippen LogP contribution in [0.1, 0.15) is 31.7 Å². The molecule has 1 N–H and O–H groups in total. The molecule has 1 aliphatic heterocycles. The van der Waals surface area contributed by atoms with Crippen LogP contribution in [0.5, 0.6) is 0 Å². The molecule has 1 aromatic heterocycles. The molecule has 0 aromatic carbocycles. The van der Waals surface area contributed by atoms with Gasteiger partial charge in [0.2, 0.25) is 0 Å². The van der Waals surface area contributed by atoms with Crippen molar-refractivity contribution >= 4 is 0 Å². The van der Waals surface area contributed by atoms with Crippen molar-refractivity contribution in [3.63, 3.8) is 0 Å². The van der Waals surface area contributed by atoms with Crippen molar-refractivity contribution in [2.75, 3.05) is 13.2 Å². The maximum atomic E-state index is 10.4. The highest BCUT2D eigenvalue weighted by Crippen LogP contribution is 2.31. The fourth-order valence-corrected chi connectivity index (χ4v) is 1.95. The predicted molar refractivity (Wildman–Crippen MR) is 56.5 cm³/mol. The molecule has 0 radical (unpaired) electrons. The van der Waals surface area contributed by atoms with E-state index in [1.54, 1.807) is 6.20 Å². The Kier molecular flexibility index (Phi) is 3.07. The van der Waals surface area contributed by atoms with Crippen LogP contribution in [0.25, 0.3) is 0 Å². The minimum atomic E-state index is -0.718. The number of aromatic nitrogens is 2. The van der Waals surface area contributed by atoms with Gasteiger partial charge >= 0.3 is 0 Å². The largest absolute Gasteiger partial charge is 0.385 e. The standard InChI is InChI=1S/C11H18N2O2/c1-2-5-13-9-10(8-12-13)11(14)3-6-15-7-4-11/h8-9,14H,2-7H2,1H3. The molecule has 0 atom stereocenters. The van der Waals surface area contributed by atoms with Gasteiger partial charge in [-0.1, -0.05) is 6.92 Å². The quantitative estimate of drug-likeness (QED) is 0.817. The average molecular weight is 210 g/mol. The third-order valence-corrected chi connectivity index (χ3v) is 2.94. The van der Waals surface area contributed by atoms with E-state index in [0.717, 1.165) is 18.5 Å². The van der Waals surface area contributed by atoms with Crippen molar-refractivity contribution in [3.05, 3.63) is 18.0 Å². The SMILES string of the molecule is CCCn1cc(C2(O)CCOCC2)cn1. The Morgan fingerprint density at radius 1 is 1.53 bits per heavy atom. The zero-order chi connectivity index (χ0) is 10.7. The summed E-state index contributed by atoms with van der Waals surface area (Å²) < 4.78 is 7.15. The summed E-state index contributed by atoms with van der Waals surface area (Å²) in [7, 11) is 0. The first-order valence-electron chi connectivity index (χ1n) is 5.58. The van der Waals surface area contributed by atoms with E-state index in [0.29, 0.717) is 26.1 Å². The Bertz CT molecular complexity index is 316. The molecule has 84 valence electrons. The maximum Gasteiger partial charge on any atom is 0.0970 e. The molecule has 0 unspecified atom stereocenters. The van der Waals surface area contributed by atoms with E-state index in [2.05, 4.69) is 12.0 Å². The van der Waals surface area contributed by atoms with Crippen molar-refractivity contribution in [1.82, 2.24) is 9.78 Å². The van der Waals surface area contributed by atoms with Crippen LogP contribution in [0.3, 0.4) is 0 Å². The second-order valence-corrected chi connectivity index (χ2v) is 4.14. The molecule has 15 heavy (non-hydrogen) atoms. The highest BCUT2D eigenvalue weighted by Gasteiger charge is 2.32. The van der Waals surface area contributed by atoms with E-state index in [4.69, 9.17) is 4.74 Å². The van der Waals surface area contributed by atoms with Gasteiger partial charge in [0.05, 0.1) is 11.8 Å². The molecule has 2 heterocycles. The average Bonchev–Trinajstić information content (AvgIpc) is 2.69. The molecule has 2 rings (SSSR count). The number of nitrogens with zero attached hydrogens (tertiary/aromatic N) is 2. The Balaban J connectivity index is 2.12. The molecule has 0 aliphatic carbocycles. The van der Waals surface area contributed by atoms with Gasteiger partial charge in [0, 0.05) is 44.4 Å². The van der Waals surface area contributed by atoms with E-state index in [1.807, 2.05) is 10.9 Å². The molecular weight excluding hydrogens is 192 g/mol. The maximum absolute atomic E-state index is 10.4. The van der Waals surface area contributed by atoms with Gasteiger partial charge in [-0.3, -0.25) is 4.68 Å². The van der Waals surface area contributed by atoms with Crippen LogP contribution in [0.15, 0.2) is 12.4 Å². The molecule has 0 bridgehead atoms.